The minimum absolute atomic E-state index is 0.589. The normalized spacial score (nSPS) is 11.6. The van der Waals surface area contributed by atoms with Crippen LogP contribution in [0.1, 0.15) is 25.3 Å². The molecule has 0 aliphatic heterocycles. The maximum Gasteiger partial charge on any atom is 0.165 e. The maximum absolute atomic E-state index is 5.10. The fourth-order valence-corrected chi connectivity index (χ4v) is 7.82. The van der Waals surface area contributed by atoms with Gasteiger partial charge in [-0.3, -0.25) is 4.57 Å². The first-order chi connectivity index (χ1) is 26.7. The van der Waals surface area contributed by atoms with E-state index >= 15 is 0 Å². The van der Waals surface area contributed by atoms with Crippen LogP contribution in [0.2, 0.25) is 0 Å². The van der Waals surface area contributed by atoms with Crippen molar-refractivity contribution >= 4 is 43.6 Å². The molecule has 4 aromatic heterocycles. The van der Waals surface area contributed by atoms with Gasteiger partial charge >= 0.3 is 0 Å². The second-order valence-electron chi connectivity index (χ2n) is 13.8. The molecule has 0 bridgehead atoms. The van der Waals surface area contributed by atoms with Crippen molar-refractivity contribution in [3.8, 4) is 45.7 Å². The lowest BCUT2D eigenvalue weighted by Gasteiger charge is -2.10. The van der Waals surface area contributed by atoms with Crippen LogP contribution in [-0.4, -0.2) is 29.1 Å². The third kappa shape index (κ3) is 5.34. The number of aromatic nitrogens is 6. The molecule has 10 rings (SSSR count). The molecule has 258 valence electrons. The minimum atomic E-state index is 0.589. The number of unbranched alkanes of at least 4 members (excludes halogenated alkanes) is 1. The molecule has 6 nitrogen and oxygen atoms in total. The van der Waals surface area contributed by atoms with Crippen molar-refractivity contribution in [1.82, 2.24) is 29.1 Å². The number of hydrogen-bond donors (Lipinski definition) is 0. The summed E-state index contributed by atoms with van der Waals surface area (Å²) in [4.78, 5) is 20.0. The van der Waals surface area contributed by atoms with E-state index in [1.54, 1.807) is 0 Å². The van der Waals surface area contributed by atoms with Gasteiger partial charge in [0.25, 0.3) is 0 Å². The molecule has 0 unspecified atom stereocenters. The third-order valence-electron chi connectivity index (χ3n) is 10.4. The number of pyridine rings is 1. The van der Waals surface area contributed by atoms with Crippen LogP contribution < -0.4 is 0 Å². The number of para-hydroxylation sites is 3. The highest BCUT2D eigenvalue weighted by Crippen LogP contribution is 2.42. The summed E-state index contributed by atoms with van der Waals surface area (Å²) >= 11 is 0. The molecular formula is C48H36N6. The monoisotopic (exact) mass is 696 g/mol. The molecular weight excluding hydrogens is 661 g/mol. The van der Waals surface area contributed by atoms with Gasteiger partial charge in [-0.2, -0.15) is 0 Å². The van der Waals surface area contributed by atoms with Gasteiger partial charge in [-0.05, 0) is 66.9 Å². The van der Waals surface area contributed by atoms with Crippen LogP contribution in [-0.2, 0) is 6.42 Å². The van der Waals surface area contributed by atoms with Crippen molar-refractivity contribution in [2.24, 2.45) is 0 Å². The van der Waals surface area contributed by atoms with E-state index in [-0.39, 0.29) is 0 Å². The first kappa shape index (κ1) is 31.8. The van der Waals surface area contributed by atoms with Crippen molar-refractivity contribution in [3.63, 3.8) is 0 Å². The number of rotatable bonds is 8. The average Bonchev–Trinajstić information content (AvgIpc) is 3.76. The zero-order valence-electron chi connectivity index (χ0n) is 29.9. The number of hydrogen-bond acceptors (Lipinski definition) is 4. The van der Waals surface area contributed by atoms with Gasteiger partial charge in [0.05, 0.1) is 22.1 Å². The van der Waals surface area contributed by atoms with Crippen LogP contribution in [0, 0.1) is 0 Å². The van der Waals surface area contributed by atoms with Gasteiger partial charge in [-0.1, -0.05) is 123 Å². The molecule has 6 aromatic carbocycles. The lowest BCUT2D eigenvalue weighted by molar-refractivity contribution is 0.795. The Morgan fingerprint density at radius 2 is 0.963 bits per heavy atom. The number of aryl methyl sites for hydroxylation is 1. The zero-order valence-corrected chi connectivity index (χ0v) is 29.9. The minimum Gasteiger partial charge on any atom is -0.309 e. The molecule has 0 spiro atoms. The smallest absolute Gasteiger partial charge is 0.165 e. The van der Waals surface area contributed by atoms with E-state index in [2.05, 4.69) is 143 Å². The van der Waals surface area contributed by atoms with E-state index in [4.69, 9.17) is 19.9 Å². The molecule has 54 heavy (non-hydrogen) atoms. The van der Waals surface area contributed by atoms with Gasteiger partial charge in [-0.25, -0.2) is 19.9 Å². The van der Waals surface area contributed by atoms with Gasteiger partial charge in [-0.15, -0.1) is 0 Å². The van der Waals surface area contributed by atoms with E-state index in [1.165, 1.54) is 51.0 Å². The molecule has 0 N–H and O–H groups in total. The highest BCUT2D eigenvalue weighted by atomic mass is 15.1. The number of benzene rings is 6. The molecule has 0 saturated heterocycles. The second kappa shape index (κ2) is 13.2. The lowest BCUT2D eigenvalue weighted by Crippen LogP contribution is -2.02. The predicted octanol–water partition coefficient (Wildman–Crippen LogP) is 11.8. The van der Waals surface area contributed by atoms with Gasteiger partial charge in [0.15, 0.2) is 17.5 Å². The Balaban J connectivity index is 1.12. The Morgan fingerprint density at radius 1 is 0.444 bits per heavy atom. The molecule has 6 heteroatoms. The van der Waals surface area contributed by atoms with E-state index in [9.17, 15) is 0 Å². The van der Waals surface area contributed by atoms with Crippen LogP contribution in [0.4, 0.5) is 0 Å². The van der Waals surface area contributed by atoms with E-state index in [1.807, 2.05) is 36.5 Å². The highest BCUT2D eigenvalue weighted by molar-refractivity contribution is 6.28. The zero-order chi connectivity index (χ0) is 36.0. The predicted molar refractivity (Wildman–Crippen MR) is 221 cm³/mol. The van der Waals surface area contributed by atoms with E-state index in [0.29, 0.717) is 17.5 Å². The Kier molecular flexibility index (Phi) is 7.80. The maximum atomic E-state index is 5.10. The summed E-state index contributed by atoms with van der Waals surface area (Å²) in [6.07, 6.45) is 5.30. The van der Waals surface area contributed by atoms with Crippen LogP contribution >= 0.6 is 0 Å². The summed E-state index contributed by atoms with van der Waals surface area (Å²) in [6.45, 7) is 2.22. The first-order valence-corrected chi connectivity index (χ1v) is 18.6. The van der Waals surface area contributed by atoms with Crippen LogP contribution in [0.15, 0.2) is 164 Å². The molecule has 0 radical (unpaired) electrons. The highest BCUT2D eigenvalue weighted by Gasteiger charge is 2.21. The Labute approximate surface area is 313 Å². The Bertz CT molecular complexity index is 2940. The number of nitrogens with zero attached hydrogens (tertiary/aromatic N) is 6. The largest absolute Gasteiger partial charge is 0.309 e. The standard InChI is InChI=1S/C48H36N6/c1-2-3-14-32-23-25-34(26-24-32)47-50-46(33-15-6-4-7-16-33)51-48(52-47)35-27-30-43(49-31-35)54-40-22-13-11-20-38(40)45-42(54)29-28-41-44(45)37-19-10-12-21-39(37)53(41)36-17-8-5-9-18-36/h4-13,15-31H,2-3,14H2,1H3. The van der Waals surface area contributed by atoms with Gasteiger partial charge < -0.3 is 4.57 Å². The molecule has 0 atom stereocenters. The van der Waals surface area contributed by atoms with Crippen molar-refractivity contribution in [2.75, 3.05) is 0 Å². The van der Waals surface area contributed by atoms with Gasteiger partial charge in [0.2, 0.25) is 0 Å². The third-order valence-corrected chi connectivity index (χ3v) is 10.4. The number of fused-ring (bicyclic) bond motifs is 7. The van der Waals surface area contributed by atoms with E-state index in [0.717, 1.165) is 45.6 Å². The molecule has 10 aromatic rings. The second-order valence-corrected chi connectivity index (χ2v) is 13.8. The van der Waals surface area contributed by atoms with Crippen molar-refractivity contribution < 1.29 is 0 Å². The topological polar surface area (TPSA) is 61.4 Å². The molecule has 0 amide bonds. The van der Waals surface area contributed by atoms with Gasteiger partial charge in [0, 0.05) is 50.1 Å². The quantitative estimate of drug-likeness (QED) is 0.159. The van der Waals surface area contributed by atoms with Crippen LogP contribution in [0.5, 0.6) is 0 Å². The molecule has 0 fully saturated rings. The van der Waals surface area contributed by atoms with Crippen molar-refractivity contribution in [1.29, 1.82) is 0 Å². The summed E-state index contributed by atoms with van der Waals surface area (Å²) < 4.78 is 4.65. The summed E-state index contributed by atoms with van der Waals surface area (Å²) in [7, 11) is 0. The molecule has 4 heterocycles. The summed E-state index contributed by atoms with van der Waals surface area (Å²) in [6, 6.07) is 55.3. The van der Waals surface area contributed by atoms with E-state index < -0.39 is 0 Å². The van der Waals surface area contributed by atoms with Gasteiger partial charge in [0.1, 0.15) is 5.82 Å². The summed E-state index contributed by atoms with van der Waals surface area (Å²) in [5, 5.41) is 4.87. The lowest BCUT2D eigenvalue weighted by atomic mass is 10.1. The Hall–Kier alpha value is -6.92. The summed E-state index contributed by atoms with van der Waals surface area (Å²) in [5.74, 6) is 2.70. The van der Waals surface area contributed by atoms with Crippen molar-refractivity contribution in [2.45, 2.75) is 26.2 Å². The SMILES string of the molecule is CCCCc1ccc(-c2nc(-c3ccccc3)nc(-c3ccc(-n4c5ccccc5c5c6c7ccccc7n(-c7ccccc7)c6ccc54)nc3)n2)cc1. The first-order valence-electron chi connectivity index (χ1n) is 18.6. The van der Waals surface area contributed by atoms with Crippen LogP contribution in [0.3, 0.4) is 0 Å². The van der Waals surface area contributed by atoms with Crippen molar-refractivity contribution in [3.05, 3.63) is 169 Å². The molecule has 0 aliphatic rings. The van der Waals surface area contributed by atoms with Crippen LogP contribution in [0.25, 0.3) is 89.3 Å². The fraction of sp³-hybridized carbons (Fsp3) is 0.0833. The molecule has 0 aliphatic carbocycles. The fourth-order valence-electron chi connectivity index (χ4n) is 7.82. The summed E-state index contributed by atoms with van der Waals surface area (Å²) in [5.41, 5.74) is 9.77. The average molecular weight is 697 g/mol. The molecule has 0 saturated carbocycles. The Morgan fingerprint density at radius 3 is 1.57 bits per heavy atom.